The van der Waals surface area contributed by atoms with E-state index in [0.717, 1.165) is 0 Å². The normalized spacial score (nSPS) is 15.5. The van der Waals surface area contributed by atoms with Gasteiger partial charge >= 0.3 is 0 Å². The van der Waals surface area contributed by atoms with E-state index in [-0.39, 0.29) is 10.8 Å². The summed E-state index contributed by atoms with van der Waals surface area (Å²) in [7, 11) is -3.56. The highest BCUT2D eigenvalue weighted by atomic mass is 32.2. The summed E-state index contributed by atoms with van der Waals surface area (Å²) in [6.07, 6.45) is 0.352. The molecule has 0 spiro atoms. The number of aliphatic hydroxyl groups is 1. The fourth-order valence-electron chi connectivity index (χ4n) is 1.60. The predicted molar refractivity (Wildman–Crippen MR) is 68.5 cm³/mol. The van der Waals surface area contributed by atoms with E-state index in [9.17, 15) is 13.5 Å². The SMILES string of the molecule is C=C[C@@H]([C@H](O)C(C)C)S(=O)(=O)c1ccccc1. The van der Waals surface area contributed by atoms with Gasteiger partial charge in [0.1, 0.15) is 5.25 Å². The van der Waals surface area contributed by atoms with Gasteiger partial charge in [0.15, 0.2) is 9.84 Å². The third kappa shape index (κ3) is 2.96. The number of sulfone groups is 1. The largest absolute Gasteiger partial charge is 0.391 e. The van der Waals surface area contributed by atoms with Crippen LogP contribution in [0.25, 0.3) is 0 Å². The van der Waals surface area contributed by atoms with Crippen molar-refractivity contribution in [1.82, 2.24) is 0 Å². The minimum atomic E-state index is -3.56. The lowest BCUT2D eigenvalue weighted by atomic mass is 10.0. The molecule has 0 heterocycles. The van der Waals surface area contributed by atoms with Crippen LogP contribution in [-0.2, 0) is 9.84 Å². The summed E-state index contributed by atoms with van der Waals surface area (Å²) in [5.74, 6) is -0.142. The van der Waals surface area contributed by atoms with Crippen molar-refractivity contribution in [3.8, 4) is 0 Å². The monoisotopic (exact) mass is 254 g/mol. The molecule has 1 aromatic carbocycles. The molecule has 1 rings (SSSR count). The summed E-state index contributed by atoms with van der Waals surface area (Å²) >= 11 is 0. The van der Waals surface area contributed by atoms with Gasteiger partial charge in [-0.15, -0.1) is 6.58 Å². The van der Waals surface area contributed by atoms with Crippen molar-refractivity contribution in [3.63, 3.8) is 0 Å². The fraction of sp³-hybridized carbons (Fsp3) is 0.385. The molecular formula is C13H18O3S. The molecule has 0 amide bonds. The molecule has 94 valence electrons. The molecule has 0 radical (unpaired) electrons. The Bertz CT molecular complexity index is 463. The van der Waals surface area contributed by atoms with Crippen molar-refractivity contribution in [3.05, 3.63) is 43.0 Å². The van der Waals surface area contributed by atoms with E-state index in [0.29, 0.717) is 0 Å². The summed E-state index contributed by atoms with van der Waals surface area (Å²) in [6.45, 7) is 7.08. The minimum Gasteiger partial charge on any atom is -0.391 e. The van der Waals surface area contributed by atoms with Crippen LogP contribution in [0.5, 0.6) is 0 Å². The van der Waals surface area contributed by atoms with E-state index in [1.807, 2.05) is 0 Å². The van der Waals surface area contributed by atoms with Gasteiger partial charge in [-0.25, -0.2) is 8.42 Å². The molecule has 1 aromatic rings. The van der Waals surface area contributed by atoms with Crippen molar-refractivity contribution < 1.29 is 13.5 Å². The first-order chi connectivity index (χ1) is 7.91. The predicted octanol–water partition coefficient (Wildman–Crippen LogP) is 2.03. The number of benzene rings is 1. The molecule has 0 aromatic heterocycles. The van der Waals surface area contributed by atoms with Gasteiger partial charge in [-0.1, -0.05) is 38.1 Å². The topological polar surface area (TPSA) is 54.4 Å². The Morgan fingerprint density at radius 3 is 2.18 bits per heavy atom. The molecule has 0 saturated heterocycles. The standard InChI is InChI=1S/C13H18O3S/c1-4-12(13(14)10(2)3)17(15,16)11-8-6-5-7-9-11/h4-10,12-14H,1H2,2-3H3/t12-,13+/m0/s1. The maximum absolute atomic E-state index is 12.3. The molecule has 2 atom stereocenters. The second kappa shape index (κ2) is 5.47. The smallest absolute Gasteiger partial charge is 0.187 e. The third-order valence-corrected chi connectivity index (χ3v) is 4.80. The lowest BCUT2D eigenvalue weighted by Crippen LogP contribution is -2.36. The molecule has 4 heteroatoms. The van der Waals surface area contributed by atoms with Crippen LogP contribution in [0.15, 0.2) is 47.9 Å². The summed E-state index contributed by atoms with van der Waals surface area (Å²) in [6, 6.07) is 8.13. The van der Waals surface area contributed by atoms with Gasteiger partial charge in [-0.2, -0.15) is 0 Å². The van der Waals surface area contributed by atoms with E-state index >= 15 is 0 Å². The molecule has 1 N–H and O–H groups in total. The Kier molecular flexibility index (Phi) is 4.48. The molecule has 0 saturated carbocycles. The van der Waals surface area contributed by atoms with Crippen LogP contribution in [0.4, 0.5) is 0 Å². The second-order valence-electron chi connectivity index (χ2n) is 4.29. The van der Waals surface area contributed by atoms with Gasteiger partial charge in [0.2, 0.25) is 0 Å². The average Bonchev–Trinajstić information content (AvgIpc) is 2.30. The average molecular weight is 254 g/mol. The molecule has 3 nitrogen and oxygen atoms in total. The summed E-state index contributed by atoms with van der Waals surface area (Å²) in [5.41, 5.74) is 0. The minimum absolute atomic E-state index is 0.142. The van der Waals surface area contributed by atoms with Crippen LogP contribution in [0.2, 0.25) is 0 Å². The highest BCUT2D eigenvalue weighted by molar-refractivity contribution is 7.92. The Morgan fingerprint density at radius 2 is 1.76 bits per heavy atom. The lowest BCUT2D eigenvalue weighted by Gasteiger charge is -2.22. The van der Waals surface area contributed by atoms with Crippen molar-refractivity contribution in [2.24, 2.45) is 5.92 Å². The fourth-order valence-corrected chi connectivity index (χ4v) is 3.38. The van der Waals surface area contributed by atoms with E-state index in [1.165, 1.54) is 18.2 Å². The van der Waals surface area contributed by atoms with Crippen molar-refractivity contribution >= 4 is 9.84 Å². The van der Waals surface area contributed by atoms with Crippen molar-refractivity contribution in [2.45, 2.75) is 30.1 Å². The maximum atomic E-state index is 12.3. The Hall–Kier alpha value is -1.13. The quantitative estimate of drug-likeness (QED) is 0.818. The van der Waals surface area contributed by atoms with E-state index in [1.54, 1.807) is 32.0 Å². The first-order valence-corrected chi connectivity index (χ1v) is 7.05. The highest BCUT2D eigenvalue weighted by Gasteiger charge is 2.32. The first kappa shape index (κ1) is 13.9. The van der Waals surface area contributed by atoms with Crippen LogP contribution in [0.3, 0.4) is 0 Å². The zero-order chi connectivity index (χ0) is 13.1. The maximum Gasteiger partial charge on any atom is 0.187 e. The van der Waals surface area contributed by atoms with Crippen LogP contribution >= 0.6 is 0 Å². The van der Waals surface area contributed by atoms with Gasteiger partial charge < -0.3 is 5.11 Å². The van der Waals surface area contributed by atoms with Gasteiger partial charge in [-0.3, -0.25) is 0 Å². The molecule has 0 aliphatic carbocycles. The molecule has 0 aliphatic rings. The molecule has 0 unspecified atom stereocenters. The molecule has 0 bridgehead atoms. The third-order valence-electron chi connectivity index (χ3n) is 2.68. The van der Waals surface area contributed by atoms with Crippen LogP contribution in [-0.4, -0.2) is 24.9 Å². The van der Waals surface area contributed by atoms with Gasteiger partial charge in [0.25, 0.3) is 0 Å². The van der Waals surface area contributed by atoms with Gasteiger partial charge in [-0.05, 0) is 18.1 Å². The number of aliphatic hydroxyl groups excluding tert-OH is 1. The Morgan fingerprint density at radius 1 is 1.24 bits per heavy atom. The zero-order valence-electron chi connectivity index (χ0n) is 10.1. The molecule has 0 aliphatic heterocycles. The van der Waals surface area contributed by atoms with E-state index in [4.69, 9.17) is 0 Å². The van der Waals surface area contributed by atoms with Crippen molar-refractivity contribution in [1.29, 1.82) is 0 Å². The van der Waals surface area contributed by atoms with Gasteiger partial charge in [0.05, 0.1) is 11.0 Å². The molecule has 17 heavy (non-hydrogen) atoms. The first-order valence-electron chi connectivity index (χ1n) is 5.50. The second-order valence-corrected chi connectivity index (χ2v) is 6.40. The van der Waals surface area contributed by atoms with Crippen LogP contribution < -0.4 is 0 Å². The van der Waals surface area contributed by atoms with E-state index < -0.39 is 21.2 Å². The van der Waals surface area contributed by atoms with E-state index in [2.05, 4.69) is 6.58 Å². The van der Waals surface area contributed by atoms with Crippen molar-refractivity contribution in [2.75, 3.05) is 0 Å². The summed E-state index contributed by atoms with van der Waals surface area (Å²) in [5, 5.41) is 8.97. The Balaban J connectivity index is 3.16. The Labute approximate surface area is 103 Å². The van der Waals surface area contributed by atoms with Crippen LogP contribution in [0.1, 0.15) is 13.8 Å². The van der Waals surface area contributed by atoms with Crippen LogP contribution in [0, 0.1) is 5.92 Å². The number of rotatable bonds is 5. The zero-order valence-corrected chi connectivity index (χ0v) is 10.9. The molecular weight excluding hydrogens is 236 g/mol. The summed E-state index contributed by atoms with van der Waals surface area (Å²) in [4.78, 5) is 0.213. The van der Waals surface area contributed by atoms with Gasteiger partial charge in [0, 0.05) is 0 Å². The highest BCUT2D eigenvalue weighted by Crippen LogP contribution is 2.22. The lowest BCUT2D eigenvalue weighted by molar-refractivity contribution is 0.131. The number of hydrogen-bond acceptors (Lipinski definition) is 3. The number of hydrogen-bond donors (Lipinski definition) is 1. The molecule has 0 fully saturated rings. The summed E-state index contributed by atoms with van der Waals surface area (Å²) < 4.78 is 24.6.